The molecule has 0 saturated carbocycles. The predicted molar refractivity (Wildman–Crippen MR) is 117 cm³/mol. The van der Waals surface area contributed by atoms with Gasteiger partial charge < -0.3 is 14.8 Å². The van der Waals surface area contributed by atoms with E-state index in [1.807, 2.05) is 32.0 Å². The molecule has 29 heavy (non-hydrogen) atoms. The third kappa shape index (κ3) is 6.90. The largest absolute Gasteiger partial charge is 0.493 e. The van der Waals surface area contributed by atoms with E-state index in [4.69, 9.17) is 9.47 Å². The van der Waals surface area contributed by atoms with Gasteiger partial charge in [-0.25, -0.2) is 5.43 Å². The number of nitrogens with one attached hydrogen (secondary N) is 2. The van der Waals surface area contributed by atoms with Crippen molar-refractivity contribution in [2.24, 2.45) is 5.10 Å². The molecular formula is C21H24BrN3O4. The van der Waals surface area contributed by atoms with Gasteiger partial charge in [0, 0.05) is 5.69 Å². The fraction of sp³-hybridized carbons (Fsp3) is 0.286. The summed E-state index contributed by atoms with van der Waals surface area (Å²) < 4.78 is 11.7. The summed E-state index contributed by atoms with van der Waals surface area (Å²) >= 11 is 3.45. The third-order valence-electron chi connectivity index (χ3n) is 3.85. The van der Waals surface area contributed by atoms with Crippen molar-refractivity contribution in [1.82, 2.24) is 5.43 Å². The van der Waals surface area contributed by atoms with E-state index in [0.717, 1.165) is 16.5 Å². The number of nitrogens with zero attached hydrogens (tertiary/aromatic N) is 1. The van der Waals surface area contributed by atoms with Gasteiger partial charge in [-0.15, -0.1) is 0 Å². The minimum atomic E-state index is -0.513. The number of para-hydroxylation sites is 1. The van der Waals surface area contributed by atoms with Gasteiger partial charge in [0.1, 0.15) is 6.42 Å². The standard InChI is InChI=1S/C21H24BrN3O4/c1-4-9-29-21-16(22)10-15(11-18(21)28-3)13-23-25-20(27)12-19(26)24-17-8-6-5-7-14(17)2/h5-8,10-11,13H,4,9,12H2,1-3H3,(H,24,26)(H,25,27). The molecule has 7 nitrogen and oxygen atoms in total. The van der Waals surface area contributed by atoms with Crippen LogP contribution >= 0.6 is 15.9 Å². The van der Waals surface area contributed by atoms with E-state index in [1.54, 1.807) is 25.3 Å². The lowest BCUT2D eigenvalue weighted by Gasteiger charge is -2.12. The summed E-state index contributed by atoms with van der Waals surface area (Å²) in [6.07, 6.45) is 2.01. The summed E-state index contributed by atoms with van der Waals surface area (Å²) in [7, 11) is 1.55. The first-order chi connectivity index (χ1) is 13.9. The van der Waals surface area contributed by atoms with Crippen LogP contribution < -0.4 is 20.2 Å². The maximum atomic E-state index is 12.0. The Bertz CT molecular complexity index is 899. The number of anilines is 1. The first-order valence-electron chi connectivity index (χ1n) is 9.12. The summed E-state index contributed by atoms with van der Waals surface area (Å²) in [4.78, 5) is 23.9. The number of hydrazone groups is 1. The molecule has 0 bridgehead atoms. The van der Waals surface area contributed by atoms with Gasteiger partial charge in [0.15, 0.2) is 11.5 Å². The molecule has 0 heterocycles. The van der Waals surface area contributed by atoms with E-state index < -0.39 is 11.8 Å². The summed E-state index contributed by atoms with van der Waals surface area (Å²) in [6, 6.07) is 10.9. The Hall–Kier alpha value is -2.87. The van der Waals surface area contributed by atoms with E-state index in [9.17, 15) is 9.59 Å². The molecule has 0 saturated heterocycles. The molecule has 0 radical (unpaired) electrons. The number of hydrogen-bond acceptors (Lipinski definition) is 5. The van der Waals surface area contributed by atoms with Crippen molar-refractivity contribution in [2.45, 2.75) is 26.7 Å². The Morgan fingerprint density at radius 3 is 2.66 bits per heavy atom. The number of carbonyl (C=O) groups is 2. The van der Waals surface area contributed by atoms with Gasteiger partial charge in [0.25, 0.3) is 0 Å². The first kappa shape index (κ1) is 22.4. The van der Waals surface area contributed by atoms with Crippen LogP contribution in [0.25, 0.3) is 0 Å². The summed E-state index contributed by atoms with van der Waals surface area (Å²) in [5, 5.41) is 6.61. The maximum Gasteiger partial charge on any atom is 0.249 e. The molecule has 0 atom stereocenters. The highest BCUT2D eigenvalue weighted by Gasteiger charge is 2.12. The second-order valence-corrected chi connectivity index (χ2v) is 7.07. The fourth-order valence-corrected chi connectivity index (χ4v) is 3.00. The van der Waals surface area contributed by atoms with Crippen LogP contribution in [0.5, 0.6) is 11.5 Å². The number of aryl methyl sites for hydroxylation is 1. The molecule has 0 fully saturated rings. The predicted octanol–water partition coefficient (Wildman–Crippen LogP) is 4.03. The van der Waals surface area contributed by atoms with Gasteiger partial charge in [0.2, 0.25) is 11.8 Å². The quantitative estimate of drug-likeness (QED) is 0.335. The van der Waals surface area contributed by atoms with E-state index >= 15 is 0 Å². The van der Waals surface area contributed by atoms with Crippen molar-refractivity contribution in [3.05, 3.63) is 52.0 Å². The Morgan fingerprint density at radius 1 is 1.21 bits per heavy atom. The maximum absolute atomic E-state index is 12.0. The summed E-state index contributed by atoms with van der Waals surface area (Å²) in [5.74, 6) is 0.247. The lowest BCUT2D eigenvalue weighted by Crippen LogP contribution is -2.24. The normalized spacial score (nSPS) is 10.6. The average Bonchev–Trinajstić information content (AvgIpc) is 2.68. The van der Waals surface area contributed by atoms with Crippen LogP contribution in [0.1, 0.15) is 30.9 Å². The number of hydrogen-bond donors (Lipinski definition) is 2. The third-order valence-corrected chi connectivity index (χ3v) is 4.43. The number of carbonyl (C=O) groups excluding carboxylic acids is 2. The topological polar surface area (TPSA) is 89.0 Å². The minimum absolute atomic E-state index is 0.331. The number of halogens is 1. The van der Waals surface area contributed by atoms with Crippen molar-refractivity contribution >= 4 is 39.6 Å². The van der Waals surface area contributed by atoms with Crippen molar-refractivity contribution in [3.8, 4) is 11.5 Å². The molecule has 2 rings (SSSR count). The Balaban J connectivity index is 1.93. The number of methoxy groups -OCH3 is 1. The van der Waals surface area contributed by atoms with Gasteiger partial charge in [-0.3, -0.25) is 9.59 Å². The van der Waals surface area contributed by atoms with E-state index in [-0.39, 0.29) is 6.42 Å². The SMILES string of the molecule is CCCOc1c(Br)cc(C=NNC(=O)CC(=O)Nc2ccccc2C)cc1OC. The zero-order chi connectivity index (χ0) is 21.2. The van der Waals surface area contributed by atoms with Gasteiger partial charge in [0.05, 0.1) is 24.4 Å². The van der Waals surface area contributed by atoms with E-state index in [1.165, 1.54) is 6.21 Å². The molecule has 0 aromatic heterocycles. The van der Waals surface area contributed by atoms with Crippen LogP contribution in [0.3, 0.4) is 0 Å². The summed E-state index contributed by atoms with van der Waals surface area (Å²) in [5.41, 5.74) is 4.65. The molecule has 2 N–H and O–H groups in total. The number of ether oxygens (including phenoxy) is 2. The highest BCUT2D eigenvalue weighted by atomic mass is 79.9. The molecule has 2 amide bonds. The molecule has 8 heteroatoms. The van der Waals surface area contributed by atoms with Gasteiger partial charge in [-0.05, 0) is 58.6 Å². The van der Waals surface area contributed by atoms with Crippen LogP contribution in [-0.4, -0.2) is 31.7 Å². The molecular weight excluding hydrogens is 438 g/mol. The Kier molecular flexibility index (Phi) is 8.67. The smallest absolute Gasteiger partial charge is 0.249 e. The van der Waals surface area contributed by atoms with Crippen LogP contribution in [0.2, 0.25) is 0 Å². The minimum Gasteiger partial charge on any atom is -0.493 e. The molecule has 2 aromatic rings. The van der Waals surface area contributed by atoms with Crippen molar-refractivity contribution in [2.75, 3.05) is 19.0 Å². The molecule has 0 unspecified atom stereocenters. The second kappa shape index (κ2) is 11.2. The molecule has 0 spiro atoms. The Morgan fingerprint density at radius 2 is 1.97 bits per heavy atom. The van der Waals surface area contributed by atoms with Crippen LogP contribution in [0, 0.1) is 6.92 Å². The number of amides is 2. The highest BCUT2D eigenvalue weighted by Crippen LogP contribution is 2.36. The van der Waals surface area contributed by atoms with Crippen LogP contribution in [-0.2, 0) is 9.59 Å². The lowest BCUT2D eigenvalue weighted by molar-refractivity contribution is -0.126. The van der Waals surface area contributed by atoms with Crippen molar-refractivity contribution < 1.29 is 19.1 Å². The molecule has 0 aliphatic heterocycles. The van der Waals surface area contributed by atoms with Crippen LogP contribution in [0.4, 0.5) is 5.69 Å². The molecule has 2 aromatic carbocycles. The van der Waals surface area contributed by atoms with Gasteiger partial charge >= 0.3 is 0 Å². The van der Waals surface area contributed by atoms with Gasteiger partial charge in [-0.2, -0.15) is 5.10 Å². The van der Waals surface area contributed by atoms with E-state index in [0.29, 0.717) is 29.4 Å². The monoisotopic (exact) mass is 461 g/mol. The lowest BCUT2D eigenvalue weighted by atomic mass is 10.2. The number of benzene rings is 2. The second-order valence-electron chi connectivity index (χ2n) is 6.22. The molecule has 0 aliphatic rings. The summed E-state index contributed by atoms with van der Waals surface area (Å²) in [6.45, 7) is 4.47. The van der Waals surface area contributed by atoms with Gasteiger partial charge in [-0.1, -0.05) is 25.1 Å². The fourth-order valence-electron chi connectivity index (χ4n) is 2.43. The van der Waals surface area contributed by atoms with Crippen molar-refractivity contribution in [3.63, 3.8) is 0 Å². The van der Waals surface area contributed by atoms with Crippen LogP contribution in [0.15, 0.2) is 46.0 Å². The molecule has 154 valence electrons. The zero-order valence-electron chi connectivity index (χ0n) is 16.6. The average molecular weight is 462 g/mol. The van der Waals surface area contributed by atoms with E-state index in [2.05, 4.69) is 31.8 Å². The first-order valence-corrected chi connectivity index (χ1v) is 9.91. The molecule has 0 aliphatic carbocycles. The highest BCUT2D eigenvalue weighted by molar-refractivity contribution is 9.10. The zero-order valence-corrected chi connectivity index (χ0v) is 18.2. The Labute approximate surface area is 178 Å². The van der Waals surface area contributed by atoms with Crippen molar-refractivity contribution in [1.29, 1.82) is 0 Å². The number of rotatable bonds is 9.